The van der Waals surface area contributed by atoms with E-state index in [-0.39, 0.29) is 11.9 Å². The maximum atomic E-state index is 12.9. The molecule has 1 aromatic rings. The van der Waals surface area contributed by atoms with E-state index in [2.05, 4.69) is 0 Å². The zero-order valence-electron chi connectivity index (χ0n) is 9.24. The Labute approximate surface area is 94.1 Å². The van der Waals surface area contributed by atoms with Gasteiger partial charge in [0.05, 0.1) is 19.3 Å². The Morgan fingerprint density at radius 1 is 1.44 bits per heavy atom. The van der Waals surface area contributed by atoms with Gasteiger partial charge in [-0.05, 0) is 11.6 Å². The zero-order valence-corrected chi connectivity index (χ0v) is 9.24. The molecule has 1 aliphatic rings. The lowest BCUT2D eigenvalue weighted by Crippen LogP contribution is -2.29. The Balaban J connectivity index is 1.93. The summed E-state index contributed by atoms with van der Waals surface area (Å²) in [5.41, 5.74) is 0.995. The van der Waals surface area contributed by atoms with Crippen molar-refractivity contribution in [2.24, 2.45) is 0 Å². The molecule has 1 aromatic carbocycles. The molecule has 0 spiro atoms. The molecule has 0 aromatic heterocycles. The standard InChI is InChI=1S/C12H15FO3/c1-14-4-5-15-11-6-9-2-3-10(13)7-12(9)16-8-11/h2-3,7,11H,4-6,8H2,1H3. The molecule has 0 bridgehead atoms. The Bertz CT molecular complexity index is 354. The molecule has 88 valence electrons. The quantitative estimate of drug-likeness (QED) is 0.733. The lowest BCUT2D eigenvalue weighted by Gasteiger charge is -2.25. The largest absolute Gasteiger partial charge is 0.490 e. The van der Waals surface area contributed by atoms with Crippen molar-refractivity contribution < 1.29 is 18.6 Å². The van der Waals surface area contributed by atoms with E-state index in [4.69, 9.17) is 14.2 Å². The summed E-state index contributed by atoms with van der Waals surface area (Å²) in [5, 5.41) is 0. The van der Waals surface area contributed by atoms with Gasteiger partial charge in [0, 0.05) is 19.6 Å². The number of methoxy groups -OCH3 is 1. The van der Waals surface area contributed by atoms with E-state index >= 15 is 0 Å². The van der Waals surface area contributed by atoms with Crippen LogP contribution in [0.1, 0.15) is 5.56 Å². The predicted octanol–water partition coefficient (Wildman–Crippen LogP) is 1.79. The highest BCUT2D eigenvalue weighted by Crippen LogP contribution is 2.26. The molecule has 1 atom stereocenters. The minimum absolute atomic E-state index is 0.0353. The molecule has 0 saturated heterocycles. The van der Waals surface area contributed by atoms with Gasteiger partial charge in [0.25, 0.3) is 0 Å². The van der Waals surface area contributed by atoms with Crippen molar-refractivity contribution in [1.82, 2.24) is 0 Å². The third-order valence-corrected chi connectivity index (χ3v) is 2.54. The van der Waals surface area contributed by atoms with E-state index in [9.17, 15) is 4.39 Å². The fraction of sp³-hybridized carbons (Fsp3) is 0.500. The monoisotopic (exact) mass is 226 g/mol. The van der Waals surface area contributed by atoms with Crippen LogP contribution in [0.4, 0.5) is 4.39 Å². The van der Waals surface area contributed by atoms with Gasteiger partial charge in [-0.3, -0.25) is 0 Å². The van der Waals surface area contributed by atoms with E-state index in [1.165, 1.54) is 12.1 Å². The molecule has 1 unspecified atom stereocenters. The van der Waals surface area contributed by atoms with E-state index in [1.807, 2.05) is 0 Å². The Morgan fingerprint density at radius 2 is 2.31 bits per heavy atom. The van der Waals surface area contributed by atoms with Crippen LogP contribution >= 0.6 is 0 Å². The molecule has 0 N–H and O–H groups in total. The average molecular weight is 226 g/mol. The van der Waals surface area contributed by atoms with E-state index in [0.29, 0.717) is 25.6 Å². The van der Waals surface area contributed by atoms with Crippen molar-refractivity contribution in [3.63, 3.8) is 0 Å². The van der Waals surface area contributed by atoms with Crippen LogP contribution in [-0.2, 0) is 15.9 Å². The molecule has 1 aliphatic heterocycles. The number of hydrogen-bond acceptors (Lipinski definition) is 3. The fourth-order valence-electron chi connectivity index (χ4n) is 1.72. The number of halogens is 1. The maximum Gasteiger partial charge on any atom is 0.126 e. The smallest absolute Gasteiger partial charge is 0.126 e. The molecule has 0 saturated carbocycles. The number of ether oxygens (including phenoxy) is 3. The Morgan fingerprint density at radius 3 is 3.12 bits per heavy atom. The van der Waals surface area contributed by atoms with Gasteiger partial charge in [0.15, 0.2) is 0 Å². The van der Waals surface area contributed by atoms with Gasteiger partial charge < -0.3 is 14.2 Å². The summed E-state index contributed by atoms with van der Waals surface area (Å²) in [4.78, 5) is 0. The van der Waals surface area contributed by atoms with Crippen LogP contribution in [0.5, 0.6) is 5.75 Å². The van der Waals surface area contributed by atoms with Crippen LogP contribution in [0.3, 0.4) is 0 Å². The molecule has 0 radical (unpaired) electrons. The van der Waals surface area contributed by atoms with Gasteiger partial charge in [0.2, 0.25) is 0 Å². The summed E-state index contributed by atoms with van der Waals surface area (Å²) in [6, 6.07) is 4.61. The van der Waals surface area contributed by atoms with Crippen LogP contribution in [0.2, 0.25) is 0 Å². The van der Waals surface area contributed by atoms with Gasteiger partial charge in [0.1, 0.15) is 18.2 Å². The molecule has 0 aliphatic carbocycles. The van der Waals surface area contributed by atoms with Gasteiger partial charge in [-0.1, -0.05) is 6.07 Å². The predicted molar refractivity (Wildman–Crippen MR) is 57.2 cm³/mol. The molecule has 0 amide bonds. The fourth-order valence-corrected chi connectivity index (χ4v) is 1.72. The van der Waals surface area contributed by atoms with Gasteiger partial charge in [-0.2, -0.15) is 0 Å². The molecule has 1 heterocycles. The first kappa shape index (κ1) is 11.4. The van der Waals surface area contributed by atoms with Gasteiger partial charge in [-0.15, -0.1) is 0 Å². The molecule has 4 heteroatoms. The second-order valence-corrected chi connectivity index (χ2v) is 3.75. The molecular weight excluding hydrogens is 211 g/mol. The highest BCUT2D eigenvalue weighted by atomic mass is 19.1. The van der Waals surface area contributed by atoms with Gasteiger partial charge >= 0.3 is 0 Å². The molecule has 0 fully saturated rings. The Kier molecular flexibility index (Phi) is 3.74. The van der Waals surface area contributed by atoms with Crippen molar-refractivity contribution in [3.8, 4) is 5.75 Å². The highest BCUT2D eigenvalue weighted by molar-refractivity contribution is 5.36. The molecule has 3 nitrogen and oxygen atoms in total. The van der Waals surface area contributed by atoms with Crippen molar-refractivity contribution in [2.75, 3.05) is 26.9 Å². The first-order valence-corrected chi connectivity index (χ1v) is 5.31. The highest BCUT2D eigenvalue weighted by Gasteiger charge is 2.20. The lowest BCUT2D eigenvalue weighted by atomic mass is 10.0. The lowest BCUT2D eigenvalue weighted by molar-refractivity contribution is -0.0120. The Hall–Kier alpha value is -1.13. The van der Waals surface area contributed by atoms with Crippen LogP contribution < -0.4 is 4.74 Å². The van der Waals surface area contributed by atoms with E-state index in [0.717, 1.165) is 12.0 Å². The molecule has 2 rings (SSSR count). The third kappa shape index (κ3) is 2.71. The maximum absolute atomic E-state index is 12.9. The summed E-state index contributed by atoms with van der Waals surface area (Å²) >= 11 is 0. The molecule has 16 heavy (non-hydrogen) atoms. The SMILES string of the molecule is COCCOC1COc2cc(F)ccc2C1. The number of fused-ring (bicyclic) bond motifs is 1. The minimum atomic E-state index is -0.266. The number of rotatable bonds is 4. The third-order valence-electron chi connectivity index (χ3n) is 2.54. The second-order valence-electron chi connectivity index (χ2n) is 3.75. The van der Waals surface area contributed by atoms with Crippen molar-refractivity contribution in [2.45, 2.75) is 12.5 Å². The van der Waals surface area contributed by atoms with Crippen molar-refractivity contribution in [3.05, 3.63) is 29.6 Å². The van der Waals surface area contributed by atoms with E-state index in [1.54, 1.807) is 13.2 Å². The van der Waals surface area contributed by atoms with Crippen LogP contribution in [0, 0.1) is 5.82 Å². The van der Waals surface area contributed by atoms with Crippen molar-refractivity contribution in [1.29, 1.82) is 0 Å². The summed E-state index contributed by atoms with van der Waals surface area (Å²) in [5.74, 6) is 0.365. The normalized spacial score (nSPS) is 19.0. The van der Waals surface area contributed by atoms with Crippen LogP contribution in [0.25, 0.3) is 0 Å². The first-order chi connectivity index (χ1) is 7.79. The summed E-state index contributed by atoms with van der Waals surface area (Å²) in [6.45, 7) is 1.61. The number of hydrogen-bond donors (Lipinski definition) is 0. The summed E-state index contributed by atoms with van der Waals surface area (Å²) < 4.78 is 28.8. The zero-order chi connectivity index (χ0) is 11.4. The first-order valence-electron chi connectivity index (χ1n) is 5.31. The second kappa shape index (κ2) is 5.27. The van der Waals surface area contributed by atoms with Gasteiger partial charge in [-0.25, -0.2) is 4.39 Å². The minimum Gasteiger partial charge on any atom is -0.490 e. The summed E-state index contributed by atoms with van der Waals surface area (Å²) in [7, 11) is 1.64. The van der Waals surface area contributed by atoms with Crippen molar-refractivity contribution >= 4 is 0 Å². The van der Waals surface area contributed by atoms with Crippen LogP contribution in [0.15, 0.2) is 18.2 Å². The topological polar surface area (TPSA) is 27.7 Å². The van der Waals surface area contributed by atoms with E-state index < -0.39 is 0 Å². The summed E-state index contributed by atoms with van der Waals surface area (Å²) in [6.07, 6.45) is 0.799. The molecular formula is C12H15FO3. The number of benzene rings is 1. The van der Waals surface area contributed by atoms with Crippen LogP contribution in [-0.4, -0.2) is 33.0 Å². The average Bonchev–Trinajstić information content (AvgIpc) is 2.29.